The first-order chi connectivity index (χ1) is 18.2. The summed E-state index contributed by atoms with van der Waals surface area (Å²) in [6.45, 7) is 2.30. The first kappa shape index (κ1) is 28.4. The number of fused-ring (bicyclic) bond motifs is 3. The van der Waals surface area contributed by atoms with Crippen LogP contribution in [-0.2, 0) is 27.9 Å². The summed E-state index contributed by atoms with van der Waals surface area (Å²) in [6, 6.07) is 3.77. The molecule has 0 fully saturated rings. The van der Waals surface area contributed by atoms with E-state index in [4.69, 9.17) is 11.6 Å². The molecule has 2 aromatic heterocycles. The zero-order valence-corrected chi connectivity index (χ0v) is 23.5. The molecule has 0 unspecified atom stereocenters. The van der Waals surface area contributed by atoms with Crippen molar-refractivity contribution in [1.82, 2.24) is 24.1 Å². The maximum atomic E-state index is 13.7. The Balaban J connectivity index is 2.09. The molecule has 1 aliphatic rings. The molecule has 0 saturated heterocycles. The molecule has 0 spiro atoms. The molecular formula is C24H28ClFN6O6S. The van der Waals surface area contributed by atoms with Crippen molar-refractivity contribution in [3.8, 4) is 5.75 Å². The average molecular weight is 583 g/mol. The highest BCUT2D eigenvalue weighted by atomic mass is 35.5. The molecule has 1 aromatic carbocycles. The van der Waals surface area contributed by atoms with Crippen molar-refractivity contribution >= 4 is 50.2 Å². The lowest BCUT2D eigenvalue weighted by Gasteiger charge is -2.29. The Hall–Kier alpha value is -3.65. The molecule has 1 aliphatic heterocycles. The lowest BCUT2D eigenvalue weighted by atomic mass is 10.2. The number of anilines is 1. The summed E-state index contributed by atoms with van der Waals surface area (Å²) in [5.74, 6) is -2.74. The number of likely N-dealkylation sites (N-methyl/N-ethyl adjacent to an activating group) is 2. The van der Waals surface area contributed by atoms with E-state index in [0.717, 1.165) is 15.1 Å². The third-order valence-electron chi connectivity index (χ3n) is 6.55. The topological polar surface area (TPSA) is 138 Å². The number of benzene rings is 1. The number of amides is 2. The predicted octanol–water partition coefficient (Wildman–Crippen LogP) is 1.46. The van der Waals surface area contributed by atoms with Crippen LogP contribution in [0.2, 0.25) is 5.02 Å². The van der Waals surface area contributed by atoms with Crippen molar-refractivity contribution < 1.29 is 27.5 Å². The molecule has 39 heavy (non-hydrogen) atoms. The number of rotatable bonds is 7. The summed E-state index contributed by atoms with van der Waals surface area (Å²) in [4.78, 5) is 42.0. The highest BCUT2D eigenvalue weighted by Gasteiger charge is 2.38. The summed E-state index contributed by atoms with van der Waals surface area (Å²) in [5.41, 5.74) is -0.728. The number of aromatic hydroxyl groups is 1. The molecule has 0 radical (unpaired) electrons. The fourth-order valence-corrected chi connectivity index (χ4v) is 5.61. The summed E-state index contributed by atoms with van der Waals surface area (Å²) in [6.07, 6.45) is 0. The highest BCUT2D eigenvalue weighted by molar-refractivity contribution is 7.93. The van der Waals surface area contributed by atoms with Gasteiger partial charge in [-0.05, 0) is 31.5 Å². The smallest absolute Gasteiger partial charge is 0.280 e. The van der Waals surface area contributed by atoms with E-state index in [2.05, 4.69) is 5.10 Å². The Morgan fingerprint density at radius 1 is 1.23 bits per heavy atom. The van der Waals surface area contributed by atoms with Crippen molar-refractivity contribution in [2.75, 3.05) is 38.5 Å². The van der Waals surface area contributed by atoms with Crippen LogP contribution in [0.3, 0.4) is 0 Å². The number of hydrogen-bond donors (Lipinski definition) is 1. The predicted molar refractivity (Wildman–Crippen MR) is 143 cm³/mol. The van der Waals surface area contributed by atoms with Gasteiger partial charge in [0.05, 0.1) is 16.8 Å². The third-order valence-corrected chi connectivity index (χ3v) is 8.95. The fraction of sp³-hybridized carbons (Fsp3) is 0.417. The molecule has 0 aliphatic carbocycles. The van der Waals surface area contributed by atoms with E-state index in [1.54, 1.807) is 0 Å². The molecule has 3 aromatic rings. The summed E-state index contributed by atoms with van der Waals surface area (Å²) in [5, 5.41) is 14.0. The number of carbonyl (C=O) groups excluding carboxylic acids is 2. The van der Waals surface area contributed by atoms with E-state index in [1.165, 1.54) is 61.5 Å². The van der Waals surface area contributed by atoms with Crippen molar-refractivity contribution in [1.29, 1.82) is 0 Å². The van der Waals surface area contributed by atoms with Crippen molar-refractivity contribution in [3.63, 3.8) is 0 Å². The number of sulfonamides is 1. The largest absolute Gasteiger partial charge is 0.505 e. The normalized spacial score (nSPS) is 13.7. The monoisotopic (exact) mass is 582 g/mol. The number of carbonyl (C=O) groups is 2. The maximum Gasteiger partial charge on any atom is 0.280 e. The van der Waals surface area contributed by atoms with Gasteiger partial charge in [-0.25, -0.2) is 21.8 Å². The Morgan fingerprint density at radius 3 is 2.49 bits per heavy atom. The first-order valence-corrected chi connectivity index (χ1v) is 13.8. The fourth-order valence-electron chi connectivity index (χ4n) is 4.24. The SMILES string of the molecule is CC(C)S(=O)(=O)N(CC(=O)N(C)C)c1nn(Cc2ccc(F)c(Cl)c2)c(=O)c2c(O)c3n(c12)CCN(C)C3=O. The lowest BCUT2D eigenvalue weighted by Crippen LogP contribution is -2.45. The van der Waals surface area contributed by atoms with Crippen LogP contribution >= 0.6 is 11.6 Å². The Morgan fingerprint density at radius 2 is 1.90 bits per heavy atom. The van der Waals surface area contributed by atoms with Gasteiger partial charge in [-0.2, -0.15) is 0 Å². The summed E-state index contributed by atoms with van der Waals surface area (Å²) < 4.78 is 44.0. The number of aromatic nitrogens is 3. The lowest BCUT2D eigenvalue weighted by molar-refractivity contribution is -0.127. The van der Waals surface area contributed by atoms with Gasteiger partial charge >= 0.3 is 0 Å². The number of nitrogens with zero attached hydrogens (tertiary/aromatic N) is 6. The van der Waals surface area contributed by atoms with Gasteiger partial charge in [0.1, 0.15) is 23.3 Å². The highest BCUT2D eigenvalue weighted by Crippen LogP contribution is 2.38. The second-order valence-corrected chi connectivity index (χ2v) is 12.5. The standard InChI is InChI=1S/C24H28ClFN6O6S/c1-13(2)39(37,38)32(12-17(33)28(3)4)22-19-18(21(34)20-24(36)29(5)8-9-30(19)20)23(35)31(27-22)11-14-6-7-16(26)15(25)10-14/h6-7,10,13,34H,8-9,11-12H2,1-5H3. The van der Waals surface area contributed by atoms with Crippen LogP contribution in [0.25, 0.3) is 10.9 Å². The van der Waals surface area contributed by atoms with Gasteiger partial charge in [-0.1, -0.05) is 17.7 Å². The van der Waals surface area contributed by atoms with Gasteiger partial charge in [0, 0.05) is 34.2 Å². The maximum absolute atomic E-state index is 13.7. The van der Waals surface area contributed by atoms with Crippen LogP contribution in [-0.4, -0.2) is 89.0 Å². The summed E-state index contributed by atoms with van der Waals surface area (Å²) in [7, 11) is 0.235. The van der Waals surface area contributed by atoms with Crippen LogP contribution in [0.1, 0.15) is 29.9 Å². The molecule has 1 N–H and O–H groups in total. The number of halogens is 2. The van der Waals surface area contributed by atoms with Crippen LogP contribution in [0, 0.1) is 5.82 Å². The van der Waals surface area contributed by atoms with Gasteiger partial charge in [0.15, 0.2) is 17.3 Å². The van der Waals surface area contributed by atoms with E-state index in [1.807, 2.05) is 0 Å². The van der Waals surface area contributed by atoms with Gasteiger partial charge in [0.25, 0.3) is 11.5 Å². The average Bonchev–Trinajstić information content (AvgIpc) is 3.16. The van der Waals surface area contributed by atoms with Crippen LogP contribution < -0.4 is 9.86 Å². The van der Waals surface area contributed by atoms with Crippen molar-refractivity contribution in [3.05, 3.63) is 50.7 Å². The van der Waals surface area contributed by atoms with Gasteiger partial charge < -0.3 is 19.5 Å². The molecule has 15 heteroatoms. The van der Waals surface area contributed by atoms with E-state index in [0.29, 0.717) is 5.56 Å². The van der Waals surface area contributed by atoms with Crippen molar-refractivity contribution in [2.45, 2.75) is 32.2 Å². The first-order valence-electron chi connectivity index (χ1n) is 11.9. The van der Waals surface area contributed by atoms with E-state index < -0.39 is 50.8 Å². The van der Waals surface area contributed by atoms with Gasteiger partial charge in [-0.15, -0.1) is 5.10 Å². The second kappa shape index (κ2) is 10.2. The van der Waals surface area contributed by atoms with E-state index >= 15 is 0 Å². The molecular weight excluding hydrogens is 555 g/mol. The molecule has 0 atom stereocenters. The molecule has 0 saturated carbocycles. The minimum atomic E-state index is -4.22. The van der Waals surface area contributed by atoms with Crippen LogP contribution in [0.5, 0.6) is 5.75 Å². The van der Waals surface area contributed by atoms with Crippen LogP contribution in [0.15, 0.2) is 23.0 Å². The molecule has 210 valence electrons. The Labute approximate surface area is 228 Å². The molecule has 2 amide bonds. The van der Waals surface area contributed by atoms with Crippen molar-refractivity contribution in [2.24, 2.45) is 0 Å². The zero-order chi connectivity index (χ0) is 29.0. The van der Waals surface area contributed by atoms with Gasteiger partial charge in [0.2, 0.25) is 15.9 Å². The second-order valence-electron chi connectivity index (χ2n) is 9.72. The van der Waals surface area contributed by atoms with E-state index in [-0.39, 0.29) is 47.1 Å². The Kier molecular flexibility index (Phi) is 7.38. The zero-order valence-electron chi connectivity index (χ0n) is 22.0. The molecule has 0 bridgehead atoms. The minimum Gasteiger partial charge on any atom is -0.505 e. The summed E-state index contributed by atoms with van der Waals surface area (Å²) >= 11 is 5.90. The third kappa shape index (κ3) is 4.82. The van der Waals surface area contributed by atoms with E-state index in [9.17, 15) is 32.3 Å². The molecule has 3 heterocycles. The quantitative estimate of drug-likeness (QED) is 0.445. The molecule has 12 nitrogen and oxygen atoms in total. The Bertz CT molecular complexity index is 1670. The minimum absolute atomic E-state index is 0.0851. The number of hydrogen-bond acceptors (Lipinski definition) is 7. The van der Waals surface area contributed by atoms with Gasteiger partial charge in [-0.3, -0.25) is 14.4 Å². The van der Waals surface area contributed by atoms with Crippen LogP contribution in [0.4, 0.5) is 10.2 Å². The molecule has 4 rings (SSSR count).